The lowest BCUT2D eigenvalue weighted by atomic mass is 10.1. The van der Waals surface area contributed by atoms with Crippen LogP contribution in [0.1, 0.15) is 35.2 Å². The number of hydrogen-bond donors (Lipinski definition) is 1. The van der Waals surface area contributed by atoms with Crippen molar-refractivity contribution in [2.75, 3.05) is 11.9 Å². The van der Waals surface area contributed by atoms with E-state index < -0.39 is 18.2 Å². The third-order valence-corrected chi connectivity index (χ3v) is 5.86. The topological polar surface area (TPSA) is 67.4 Å². The predicted octanol–water partition coefficient (Wildman–Crippen LogP) is 5.46. The van der Waals surface area contributed by atoms with Gasteiger partial charge in [0.1, 0.15) is 12.0 Å². The maximum absolute atomic E-state index is 14.5. The van der Waals surface area contributed by atoms with Crippen molar-refractivity contribution in [3.05, 3.63) is 81.7 Å². The number of alkyl halides is 1. The molecule has 2 aromatic carbocycles. The van der Waals surface area contributed by atoms with Crippen LogP contribution in [0.4, 0.5) is 20.6 Å². The summed E-state index contributed by atoms with van der Waals surface area (Å²) in [6.07, 6.45) is -1.00. The summed E-state index contributed by atoms with van der Waals surface area (Å²) in [7, 11) is 0. The molecular weight excluding hydrogens is 431 g/mol. The summed E-state index contributed by atoms with van der Waals surface area (Å²) in [4.78, 5) is 17.9. The number of halogens is 2. The molecule has 1 N–H and O–H groups in total. The average Bonchev–Trinajstić information content (AvgIpc) is 3.33. The molecule has 1 aromatic heterocycles. The Kier molecular flexibility index (Phi) is 6.10. The van der Waals surface area contributed by atoms with Crippen molar-refractivity contribution in [3.8, 4) is 0 Å². The summed E-state index contributed by atoms with van der Waals surface area (Å²) in [5.74, 6) is 1.23. The Morgan fingerprint density at radius 2 is 2.00 bits per heavy atom. The van der Waals surface area contributed by atoms with E-state index in [1.54, 1.807) is 18.2 Å². The van der Waals surface area contributed by atoms with Crippen LogP contribution in [0.25, 0.3) is 4.85 Å². The summed E-state index contributed by atoms with van der Waals surface area (Å²) < 4.78 is 16.4. The van der Waals surface area contributed by atoms with Gasteiger partial charge in [-0.25, -0.2) is 14.0 Å². The fourth-order valence-electron chi connectivity index (χ4n) is 3.91. The zero-order chi connectivity index (χ0) is 22.8. The summed E-state index contributed by atoms with van der Waals surface area (Å²) in [6.45, 7) is 11.2. The molecule has 2 amide bonds. The van der Waals surface area contributed by atoms with Crippen molar-refractivity contribution in [1.29, 1.82) is 0 Å². The van der Waals surface area contributed by atoms with Gasteiger partial charge in [0.05, 0.1) is 25.7 Å². The molecule has 1 unspecified atom stereocenters. The molecule has 32 heavy (non-hydrogen) atoms. The Labute approximate surface area is 190 Å². The van der Waals surface area contributed by atoms with E-state index in [0.717, 1.165) is 11.1 Å². The molecule has 3 aromatic rings. The van der Waals surface area contributed by atoms with Gasteiger partial charge in [0.25, 0.3) is 0 Å². The van der Waals surface area contributed by atoms with Crippen LogP contribution in [-0.4, -0.2) is 38.4 Å². The Morgan fingerprint density at radius 1 is 1.25 bits per heavy atom. The van der Waals surface area contributed by atoms with Crippen LogP contribution in [0.15, 0.2) is 42.5 Å². The molecule has 0 spiro atoms. The van der Waals surface area contributed by atoms with Gasteiger partial charge in [-0.05, 0) is 43.2 Å². The summed E-state index contributed by atoms with van der Waals surface area (Å²) in [5.41, 5.74) is 2.84. The van der Waals surface area contributed by atoms with Crippen LogP contribution in [0, 0.1) is 20.4 Å². The highest BCUT2D eigenvalue weighted by Crippen LogP contribution is 2.34. The van der Waals surface area contributed by atoms with Crippen LogP contribution in [0.3, 0.4) is 0 Å². The first kappa shape index (κ1) is 21.8. The van der Waals surface area contributed by atoms with Crippen molar-refractivity contribution >= 4 is 29.0 Å². The molecular formula is C23H22ClFN6O. The fraction of sp³-hybridized carbons (Fsp3) is 0.304. The number of carbonyl (C=O) groups excluding carboxylic acids is 1. The monoisotopic (exact) mass is 452 g/mol. The van der Waals surface area contributed by atoms with Crippen LogP contribution in [0.5, 0.6) is 0 Å². The Balaban J connectivity index is 1.59. The van der Waals surface area contributed by atoms with Crippen LogP contribution < -0.4 is 5.32 Å². The van der Waals surface area contributed by atoms with Gasteiger partial charge >= 0.3 is 6.03 Å². The van der Waals surface area contributed by atoms with Gasteiger partial charge in [-0.1, -0.05) is 35.9 Å². The number of urea groups is 1. The molecule has 1 aliphatic heterocycles. The number of nitrogens with one attached hydrogen (secondary N) is 1. The van der Waals surface area contributed by atoms with Gasteiger partial charge < -0.3 is 14.8 Å². The zero-order valence-corrected chi connectivity index (χ0v) is 18.5. The smallest absolute Gasteiger partial charge is 0.311 e. The second kappa shape index (κ2) is 8.97. The number of likely N-dealkylation sites (tertiary alicyclic amines) is 1. The standard InChI is InChI=1S/C23H22ClFN6O/c1-14-10-19(26-3)8-9-20(14)27-23(32)31-13-18(25)11-21(31)22-29-28-15(2)30(22)12-16-4-6-17(24)7-5-16/h4-10,18,21H,11-13H2,1-2H3,(H,27,32)/t18?,21-/m1/s1. The number of aryl methyl sites for hydroxylation is 2. The molecule has 2 heterocycles. The lowest BCUT2D eigenvalue weighted by molar-refractivity contribution is 0.201. The maximum atomic E-state index is 14.5. The Bertz CT molecular complexity index is 1190. The SMILES string of the molecule is [C-]#[N+]c1ccc(NC(=O)N2CC(F)C[C@@H]2c2nnc(C)n2Cc2ccc(Cl)cc2)c(C)c1. The molecule has 0 aliphatic carbocycles. The van der Waals surface area contributed by atoms with Crippen LogP contribution in [0.2, 0.25) is 5.02 Å². The molecule has 2 atom stereocenters. The average molecular weight is 453 g/mol. The highest BCUT2D eigenvalue weighted by Gasteiger charge is 2.39. The molecule has 0 bridgehead atoms. The first-order valence-corrected chi connectivity index (χ1v) is 10.6. The van der Waals surface area contributed by atoms with E-state index in [9.17, 15) is 9.18 Å². The number of benzene rings is 2. The quantitative estimate of drug-likeness (QED) is 0.534. The molecule has 164 valence electrons. The highest BCUT2D eigenvalue weighted by atomic mass is 35.5. The lowest BCUT2D eigenvalue weighted by Crippen LogP contribution is -2.36. The molecule has 0 saturated carbocycles. The van der Waals surface area contributed by atoms with E-state index in [1.807, 2.05) is 42.7 Å². The van der Waals surface area contributed by atoms with Gasteiger partial charge in [-0.15, -0.1) is 10.2 Å². The second-order valence-electron chi connectivity index (χ2n) is 7.86. The third kappa shape index (κ3) is 4.43. The van der Waals surface area contributed by atoms with Gasteiger partial charge in [-0.3, -0.25) is 0 Å². The molecule has 0 radical (unpaired) electrons. The number of anilines is 1. The van der Waals surface area contributed by atoms with Gasteiger partial charge in [0, 0.05) is 17.1 Å². The van der Waals surface area contributed by atoms with E-state index in [1.165, 1.54) is 4.90 Å². The van der Waals surface area contributed by atoms with Crippen molar-refractivity contribution in [2.24, 2.45) is 0 Å². The first-order valence-electron chi connectivity index (χ1n) is 10.2. The zero-order valence-electron chi connectivity index (χ0n) is 17.7. The molecule has 4 rings (SSSR count). The van der Waals surface area contributed by atoms with Crippen molar-refractivity contribution in [3.63, 3.8) is 0 Å². The van der Waals surface area contributed by atoms with Crippen LogP contribution >= 0.6 is 11.6 Å². The third-order valence-electron chi connectivity index (χ3n) is 5.61. The maximum Gasteiger partial charge on any atom is 0.322 e. The number of carbonyl (C=O) groups is 1. The number of hydrogen-bond acceptors (Lipinski definition) is 3. The highest BCUT2D eigenvalue weighted by molar-refractivity contribution is 6.30. The van der Waals surface area contributed by atoms with Gasteiger partial charge in [0.15, 0.2) is 11.5 Å². The second-order valence-corrected chi connectivity index (χ2v) is 8.30. The Morgan fingerprint density at radius 3 is 2.69 bits per heavy atom. The predicted molar refractivity (Wildman–Crippen MR) is 121 cm³/mol. The van der Waals surface area contributed by atoms with Gasteiger partial charge in [-0.2, -0.15) is 0 Å². The van der Waals surface area contributed by atoms with Crippen molar-refractivity contribution < 1.29 is 9.18 Å². The minimum atomic E-state index is -1.16. The Hall–Kier alpha value is -3.44. The largest absolute Gasteiger partial charge is 0.322 e. The summed E-state index contributed by atoms with van der Waals surface area (Å²) in [5, 5.41) is 12.0. The van der Waals surface area contributed by atoms with Gasteiger partial charge in [0.2, 0.25) is 0 Å². The minimum Gasteiger partial charge on any atom is -0.311 e. The number of amides is 2. The number of rotatable bonds is 4. The van der Waals surface area contributed by atoms with E-state index in [4.69, 9.17) is 18.2 Å². The van der Waals surface area contributed by atoms with Crippen molar-refractivity contribution in [1.82, 2.24) is 19.7 Å². The molecule has 1 aliphatic rings. The van der Waals surface area contributed by atoms with Crippen molar-refractivity contribution in [2.45, 2.75) is 39.0 Å². The fourth-order valence-corrected chi connectivity index (χ4v) is 4.04. The molecule has 1 fully saturated rings. The normalized spacial score (nSPS) is 17.9. The van der Waals surface area contributed by atoms with E-state index in [-0.39, 0.29) is 13.0 Å². The summed E-state index contributed by atoms with van der Waals surface area (Å²) in [6, 6.07) is 11.5. The summed E-state index contributed by atoms with van der Waals surface area (Å²) >= 11 is 5.99. The lowest BCUT2D eigenvalue weighted by Gasteiger charge is -2.25. The molecule has 1 saturated heterocycles. The van der Waals surface area contributed by atoms with Crippen LogP contribution in [-0.2, 0) is 6.54 Å². The van der Waals surface area contributed by atoms with E-state index >= 15 is 0 Å². The molecule has 9 heteroatoms. The molecule has 7 nitrogen and oxygen atoms in total. The number of aromatic nitrogens is 3. The van der Waals surface area contributed by atoms with E-state index in [0.29, 0.717) is 34.6 Å². The van der Waals surface area contributed by atoms with E-state index in [2.05, 4.69) is 20.4 Å². The first-order chi connectivity index (χ1) is 15.4. The minimum absolute atomic E-state index is 0.0253. The number of nitrogens with zero attached hydrogens (tertiary/aromatic N) is 5.